The van der Waals surface area contributed by atoms with Crippen LogP contribution in [0.15, 0.2) is 5.57 Å². The Morgan fingerprint density at radius 3 is 1.14 bits per heavy atom. The maximum Gasteiger partial charge on any atom is 0 e. The molecule has 0 aromatic rings. The van der Waals surface area contributed by atoms with Crippen molar-refractivity contribution in [3.05, 3.63) is 12.2 Å². The van der Waals surface area contributed by atoms with Gasteiger partial charge in [-0.05, 0) is 13.8 Å². The van der Waals surface area contributed by atoms with E-state index in [1.165, 1.54) is 0 Å². The van der Waals surface area contributed by atoms with Crippen molar-refractivity contribution in [2.75, 3.05) is 0 Å². The number of rotatable bonds is 0. The molecule has 7 heavy (non-hydrogen) atoms. The van der Waals surface area contributed by atoms with Gasteiger partial charge in [0, 0.05) is 25.8 Å². The van der Waals surface area contributed by atoms with E-state index in [0.29, 0.717) is 0 Å². The Kier molecular flexibility index (Phi) is 54.1. The summed E-state index contributed by atoms with van der Waals surface area (Å²) in [4.78, 5) is 0. The molecule has 0 aromatic carbocycles. The zero-order valence-corrected chi connectivity index (χ0v) is 9.22. The van der Waals surface area contributed by atoms with E-state index < -0.39 is 0 Å². The van der Waals surface area contributed by atoms with Crippen LogP contribution in [0.5, 0.6) is 0 Å². The molecule has 42 valence electrons. The molecule has 0 rings (SSSR count). The second kappa shape index (κ2) is 15.7. The fraction of sp³-hybridized carbons (Fsp3) is 0.500. The topological polar surface area (TPSA) is 0 Å². The van der Waals surface area contributed by atoms with Crippen molar-refractivity contribution in [1.82, 2.24) is 0 Å². The Bertz CT molecular complexity index is 32.7. The minimum Gasteiger partial charge on any atom is -1.00 e. The van der Waals surface area contributed by atoms with E-state index in [2.05, 4.69) is 0 Å². The average Bonchev–Trinajstić information content (AvgIpc) is 0.811. The summed E-state index contributed by atoms with van der Waals surface area (Å²) in [7, 11) is 0. The molecular formula is C4H7Cl2In-2. The SMILES string of the molecule is [CH]=C(C)C.[Cl-].[Cl-].[In]. The number of allylic oxidation sites excluding steroid dienone is 1. The molecule has 0 aromatic heterocycles. The molecule has 0 unspecified atom stereocenters. The van der Waals surface area contributed by atoms with Crippen LogP contribution in [0.3, 0.4) is 0 Å². The Balaban J connectivity index is -0.0000000150. The molecule has 0 spiro atoms. The minimum atomic E-state index is 0. The summed E-state index contributed by atoms with van der Waals surface area (Å²) in [5.74, 6) is 0. The Morgan fingerprint density at radius 1 is 1.14 bits per heavy atom. The first kappa shape index (κ1) is 24.1. The molecule has 0 N–H and O–H groups in total. The maximum atomic E-state index is 5.03. The van der Waals surface area contributed by atoms with Gasteiger partial charge in [0.25, 0.3) is 0 Å². The molecule has 0 bridgehead atoms. The van der Waals surface area contributed by atoms with Crippen molar-refractivity contribution in [1.29, 1.82) is 0 Å². The molecule has 0 saturated heterocycles. The fourth-order valence-corrected chi connectivity index (χ4v) is 0. The second-order valence-electron chi connectivity index (χ2n) is 1.08. The van der Waals surface area contributed by atoms with Crippen molar-refractivity contribution in [3.63, 3.8) is 0 Å². The largest absolute Gasteiger partial charge is 1.00 e. The van der Waals surface area contributed by atoms with Gasteiger partial charge in [0.1, 0.15) is 0 Å². The van der Waals surface area contributed by atoms with Gasteiger partial charge in [0.15, 0.2) is 0 Å². The summed E-state index contributed by atoms with van der Waals surface area (Å²) in [6.45, 7) is 8.75. The molecule has 0 amide bonds. The standard InChI is InChI=1S/C4H7.2ClH.In/c1-4(2)3;;;/h1H,2-3H3;2*1H;/p-2. The van der Waals surface area contributed by atoms with Gasteiger partial charge in [-0.25, -0.2) is 0 Å². The molecule has 0 aliphatic heterocycles. The van der Waals surface area contributed by atoms with Crippen LogP contribution in [-0.2, 0) is 0 Å². The molecule has 0 heterocycles. The fourth-order valence-electron chi connectivity index (χ4n) is 0. The van der Waals surface area contributed by atoms with Crippen molar-refractivity contribution in [2.45, 2.75) is 13.8 Å². The van der Waals surface area contributed by atoms with Crippen LogP contribution in [0.25, 0.3) is 0 Å². The van der Waals surface area contributed by atoms with Gasteiger partial charge in [0.2, 0.25) is 0 Å². The predicted octanol–water partition coefficient (Wildman–Crippen LogP) is -4.99. The van der Waals surface area contributed by atoms with Gasteiger partial charge in [-0.2, -0.15) is 0 Å². The normalized spacial score (nSPS) is 3.71. The molecule has 4 radical (unpaired) electrons. The number of halogens is 2. The van der Waals surface area contributed by atoms with Crippen LogP contribution >= 0.6 is 0 Å². The van der Waals surface area contributed by atoms with Gasteiger partial charge in [-0.1, -0.05) is 12.2 Å². The van der Waals surface area contributed by atoms with E-state index in [1.807, 2.05) is 13.8 Å². The third kappa shape index (κ3) is 137. The minimum absolute atomic E-state index is 0. The molecule has 0 atom stereocenters. The summed E-state index contributed by atoms with van der Waals surface area (Å²) < 4.78 is 0. The van der Waals surface area contributed by atoms with Crippen molar-refractivity contribution in [2.24, 2.45) is 0 Å². The molecule has 0 aliphatic rings. The zero-order valence-electron chi connectivity index (χ0n) is 4.41. The van der Waals surface area contributed by atoms with Crippen LogP contribution in [0.1, 0.15) is 13.8 Å². The molecule has 0 nitrogen and oxygen atoms in total. The quantitative estimate of drug-likeness (QED) is 0.398. The van der Waals surface area contributed by atoms with Crippen molar-refractivity contribution < 1.29 is 24.8 Å². The zero-order chi connectivity index (χ0) is 3.58. The van der Waals surface area contributed by atoms with Crippen molar-refractivity contribution in [3.8, 4) is 0 Å². The van der Waals surface area contributed by atoms with Crippen LogP contribution in [-0.4, -0.2) is 25.8 Å². The van der Waals surface area contributed by atoms with E-state index in [1.54, 1.807) is 0 Å². The van der Waals surface area contributed by atoms with Gasteiger partial charge >= 0.3 is 0 Å². The summed E-state index contributed by atoms with van der Waals surface area (Å²) in [5.41, 5.74) is 0.917. The maximum absolute atomic E-state index is 5.03. The predicted molar refractivity (Wildman–Crippen MR) is 24.9 cm³/mol. The average molecular weight is 241 g/mol. The first-order valence-corrected chi connectivity index (χ1v) is 1.29. The molecule has 0 saturated carbocycles. The monoisotopic (exact) mass is 240 g/mol. The van der Waals surface area contributed by atoms with Crippen LogP contribution in [0.2, 0.25) is 0 Å². The van der Waals surface area contributed by atoms with Gasteiger partial charge < -0.3 is 24.8 Å². The summed E-state index contributed by atoms with van der Waals surface area (Å²) in [5, 5.41) is 0. The van der Waals surface area contributed by atoms with Crippen LogP contribution in [0.4, 0.5) is 0 Å². The number of hydrogen-bond donors (Lipinski definition) is 0. The van der Waals surface area contributed by atoms with E-state index in [-0.39, 0.29) is 50.7 Å². The first-order chi connectivity index (χ1) is 1.73. The van der Waals surface area contributed by atoms with E-state index in [4.69, 9.17) is 6.58 Å². The Hall–Kier alpha value is 1.19. The first-order valence-electron chi connectivity index (χ1n) is 1.29. The molecule has 0 aliphatic carbocycles. The van der Waals surface area contributed by atoms with E-state index >= 15 is 0 Å². The summed E-state index contributed by atoms with van der Waals surface area (Å²) >= 11 is 0. The third-order valence-corrected chi connectivity index (χ3v) is 0. The summed E-state index contributed by atoms with van der Waals surface area (Å²) in [6, 6.07) is 0. The molecule has 0 fully saturated rings. The van der Waals surface area contributed by atoms with Gasteiger partial charge in [-0.3, -0.25) is 0 Å². The van der Waals surface area contributed by atoms with E-state index in [0.717, 1.165) is 5.57 Å². The van der Waals surface area contributed by atoms with Gasteiger partial charge in [-0.15, -0.1) is 0 Å². The number of hydrogen-bond acceptors (Lipinski definition) is 0. The van der Waals surface area contributed by atoms with E-state index in [9.17, 15) is 0 Å². The Morgan fingerprint density at radius 2 is 1.14 bits per heavy atom. The summed E-state index contributed by atoms with van der Waals surface area (Å²) in [6.07, 6.45) is 0. The van der Waals surface area contributed by atoms with Crippen LogP contribution < -0.4 is 24.8 Å². The molecule has 3 heteroatoms. The Labute approximate surface area is 76.4 Å². The third-order valence-electron chi connectivity index (χ3n) is 0. The smallest absolute Gasteiger partial charge is 0 e. The molecular weight excluding hydrogens is 234 g/mol. The van der Waals surface area contributed by atoms with Gasteiger partial charge in [0.05, 0.1) is 0 Å². The van der Waals surface area contributed by atoms with Crippen LogP contribution in [0, 0.1) is 6.58 Å². The van der Waals surface area contributed by atoms with Crippen molar-refractivity contribution >= 4 is 25.8 Å². The second-order valence-corrected chi connectivity index (χ2v) is 1.08.